The molecule has 2 rings (SSSR count). The molecule has 0 atom stereocenters. The van der Waals surface area contributed by atoms with Crippen LogP contribution in [0.1, 0.15) is 29.2 Å². The zero-order valence-corrected chi connectivity index (χ0v) is 15.8. The van der Waals surface area contributed by atoms with Crippen molar-refractivity contribution in [1.82, 2.24) is 4.90 Å². The summed E-state index contributed by atoms with van der Waals surface area (Å²) >= 11 is 6.23. The third-order valence-corrected chi connectivity index (χ3v) is 4.40. The Morgan fingerprint density at radius 3 is 2.36 bits per heavy atom. The summed E-state index contributed by atoms with van der Waals surface area (Å²) in [6, 6.07) is 11.6. The highest BCUT2D eigenvalue weighted by molar-refractivity contribution is 6.34. The highest BCUT2D eigenvalue weighted by Crippen LogP contribution is 2.27. The number of carbonyl (C=O) groups excluding carboxylic acids is 2. The fourth-order valence-electron chi connectivity index (χ4n) is 2.70. The van der Waals surface area contributed by atoms with Gasteiger partial charge in [-0.1, -0.05) is 41.9 Å². The van der Waals surface area contributed by atoms with Gasteiger partial charge in [-0.2, -0.15) is 0 Å². The van der Waals surface area contributed by atoms with Gasteiger partial charge in [0.15, 0.2) is 0 Å². The summed E-state index contributed by atoms with van der Waals surface area (Å²) in [5.41, 5.74) is 4.63. The number of rotatable bonds is 5. The lowest BCUT2D eigenvalue weighted by molar-refractivity contribution is -0.133. The van der Waals surface area contributed by atoms with E-state index in [-0.39, 0.29) is 18.4 Å². The number of anilines is 1. The monoisotopic (exact) mass is 358 g/mol. The van der Waals surface area contributed by atoms with Crippen LogP contribution in [0, 0.1) is 20.8 Å². The number of hydrogen-bond donors (Lipinski definition) is 1. The van der Waals surface area contributed by atoms with Gasteiger partial charge in [0.05, 0.1) is 10.7 Å². The molecule has 0 spiro atoms. The highest BCUT2D eigenvalue weighted by Gasteiger charge is 2.17. The quantitative estimate of drug-likeness (QED) is 0.868. The van der Waals surface area contributed by atoms with Crippen molar-refractivity contribution in [2.24, 2.45) is 0 Å². The SMILES string of the molecule is CC(=O)N(CC(=O)Nc1c(C)cc(C)cc1Cl)Cc1ccccc1C. The first kappa shape index (κ1) is 19.0. The van der Waals surface area contributed by atoms with E-state index in [0.29, 0.717) is 17.3 Å². The number of nitrogens with zero attached hydrogens (tertiary/aromatic N) is 1. The van der Waals surface area contributed by atoms with Crippen LogP contribution in [0.15, 0.2) is 36.4 Å². The van der Waals surface area contributed by atoms with E-state index in [0.717, 1.165) is 22.3 Å². The third-order valence-electron chi connectivity index (χ3n) is 4.10. The van der Waals surface area contributed by atoms with Crippen LogP contribution in [0.25, 0.3) is 0 Å². The smallest absolute Gasteiger partial charge is 0.244 e. The number of carbonyl (C=O) groups is 2. The summed E-state index contributed by atoms with van der Waals surface area (Å²) in [6.07, 6.45) is 0. The van der Waals surface area contributed by atoms with Gasteiger partial charge in [0.25, 0.3) is 0 Å². The van der Waals surface area contributed by atoms with Crippen LogP contribution in [0.4, 0.5) is 5.69 Å². The van der Waals surface area contributed by atoms with Crippen molar-refractivity contribution in [2.75, 3.05) is 11.9 Å². The van der Waals surface area contributed by atoms with Crippen molar-refractivity contribution in [2.45, 2.75) is 34.2 Å². The van der Waals surface area contributed by atoms with Gasteiger partial charge in [-0.25, -0.2) is 0 Å². The lowest BCUT2D eigenvalue weighted by Gasteiger charge is -2.22. The first-order valence-corrected chi connectivity index (χ1v) is 8.52. The lowest BCUT2D eigenvalue weighted by Crippen LogP contribution is -2.36. The molecule has 132 valence electrons. The largest absolute Gasteiger partial charge is 0.329 e. The van der Waals surface area contributed by atoms with Gasteiger partial charge < -0.3 is 10.2 Å². The Balaban J connectivity index is 2.11. The molecule has 5 heteroatoms. The van der Waals surface area contributed by atoms with E-state index < -0.39 is 0 Å². The van der Waals surface area contributed by atoms with Crippen LogP contribution in [0.5, 0.6) is 0 Å². The second-order valence-electron chi connectivity index (χ2n) is 6.29. The molecule has 2 aromatic rings. The number of aryl methyl sites for hydroxylation is 3. The van der Waals surface area contributed by atoms with Crippen molar-refractivity contribution in [3.8, 4) is 0 Å². The fraction of sp³-hybridized carbons (Fsp3) is 0.300. The van der Waals surface area contributed by atoms with Crippen molar-refractivity contribution in [3.63, 3.8) is 0 Å². The molecule has 0 unspecified atom stereocenters. The van der Waals surface area contributed by atoms with Crippen molar-refractivity contribution in [3.05, 3.63) is 63.7 Å². The van der Waals surface area contributed by atoms with E-state index in [4.69, 9.17) is 11.6 Å². The maximum atomic E-state index is 12.4. The molecule has 2 aromatic carbocycles. The second-order valence-corrected chi connectivity index (χ2v) is 6.70. The van der Waals surface area contributed by atoms with Crippen molar-refractivity contribution < 1.29 is 9.59 Å². The average molecular weight is 359 g/mol. The molecule has 0 saturated heterocycles. The van der Waals surface area contributed by atoms with Crippen LogP contribution < -0.4 is 5.32 Å². The topological polar surface area (TPSA) is 49.4 Å². The Morgan fingerprint density at radius 1 is 1.08 bits per heavy atom. The molecule has 0 bridgehead atoms. The van der Waals surface area contributed by atoms with Crippen LogP contribution in [0.3, 0.4) is 0 Å². The molecule has 0 aromatic heterocycles. The Morgan fingerprint density at radius 2 is 1.76 bits per heavy atom. The summed E-state index contributed by atoms with van der Waals surface area (Å²) in [6.45, 7) is 7.68. The molecule has 0 radical (unpaired) electrons. The Labute approximate surface area is 153 Å². The standard InChI is InChI=1S/C20H23ClN2O2/c1-13-9-15(3)20(18(21)10-13)22-19(25)12-23(16(4)24)11-17-8-6-5-7-14(17)2/h5-10H,11-12H2,1-4H3,(H,22,25). The zero-order chi connectivity index (χ0) is 18.6. The van der Waals surface area contributed by atoms with Crippen LogP contribution in [-0.4, -0.2) is 23.3 Å². The highest BCUT2D eigenvalue weighted by atomic mass is 35.5. The number of benzene rings is 2. The predicted molar refractivity (Wildman–Crippen MR) is 102 cm³/mol. The number of nitrogens with one attached hydrogen (secondary N) is 1. The van der Waals surface area contributed by atoms with E-state index in [1.807, 2.05) is 51.1 Å². The van der Waals surface area contributed by atoms with Gasteiger partial charge >= 0.3 is 0 Å². The minimum atomic E-state index is -0.266. The molecule has 2 amide bonds. The summed E-state index contributed by atoms with van der Waals surface area (Å²) in [5, 5.41) is 3.33. The van der Waals surface area contributed by atoms with Gasteiger partial charge in [0.2, 0.25) is 11.8 Å². The van der Waals surface area contributed by atoms with E-state index in [9.17, 15) is 9.59 Å². The summed E-state index contributed by atoms with van der Waals surface area (Å²) in [5.74, 6) is -0.414. The molecule has 0 fully saturated rings. The van der Waals surface area contributed by atoms with E-state index >= 15 is 0 Å². The fourth-order valence-corrected chi connectivity index (χ4v) is 3.07. The van der Waals surface area contributed by atoms with E-state index in [1.165, 1.54) is 11.8 Å². The third kappa shape index (κ3) is 5.07. The van der Waals surface area contributed by atoms with E-state index in [2.05, 4.69) is 5.32 Å². The number of hydrogen-bond acceptors (Lipinski definition) is 2. The summed E-state index contributed by atoms with van der Waals surface area (Å²) in [4.78, 5) is 25.9. The van der Waals surface area contributed by atoms with Crippen molar-refractivity contribution in [1.29, 1.82) is 0 Å². The molecule has 25 heavy (non-hydrogen) atoms. The molecule has 0 aliphatic heterocycles. The van der Waals surface area contributed by atoms with Gasteiger partial charge in [0.1, 0.15) is 6.54 Å². The minimum Gasteiger partial charge on any atom is -0.329 e. The lowest BCUT2D eigenvalue weighted by atomic mass is 10.1. The first-order chi connectivity index (χ1) is 11.8. The first-order valence-electron chi connectivity index (χ1n) is 8.14. The van der Waals surface area contributed by atoms with Gasteiger partial charge in [-0.05, 0) is 49.1 Å². The van der Waals surface area contributed by atoms with Gasteiger partial charge in [-0.3, -0.25) is 9.59 Å². The second kappa shape index (κ2) is 8.17. The normalized spacial score (nSPS) is 10.4. The molecular weight excluding hydrogens is 336 g/mol. The van der Waals surface area contributed by atoms with Crippen LogP contribution in [0.2, 0.25) is 5.02 Å². The molecular formula is C20H23ClN2O2. The average Bonchev–Trinajstić information content (AvgIpc) is 2.52. The van der Waals surface area contributed by atoms with Crippen LogP contribution in [-0.2, 0) is 16.1 Å². The van der Waals surface area contributed by atoms with Crippen LogP contribution >= 0.6 is 11.6 Å². The zero-order valence-electron chi connectivity index (χ0n) is 15.0. The van der Waals surface area contributed by atoms with E-state index in [1.54, 1.807) is 6.07 Å². The molecule has 4 nitrogen and oxygen atoms in total. The molecule has 0 saturated carbocycles. The summed E-state index contributed by atoms with van der Waals surface area (Å²) < 4.78 is 0. The molecule has 0 aliphatic carbocycles. The Hall–Kier alpha value is -2.33. The Kier molecular flexibility index (Phi) is 6.21. The Bertz CT molecular complexity index is 779. The number of halogens is 1. The molecule has 0 aliphatic rings. The van der Waals surface area contributed by atoms with Gasteiger partial charge in [0, 0.05) is 13.5 Å². The molecule has 1 N–H and O–H groups in total. The number of amides is 2. The molecule has 0 heterocycles. The maximum Gasteiger partial charge on any atom is 0.244 e. The predicted octanol–water partition coefficient (Wildman–Crippen LogP) is 4.25. The maximum absolute atomic E-state index is 12.4. The minimum absolute atomic E-state index is 0.0205. The summed E-state index contributed by atoms with van der Waals surface area (Å²) in [7, 11) is 0. The van der Waals surface area contributed by atoms with Gasteiger partial charge in [-0.15, -0.1) is 0 Å². The van der Waals surface area contributed by atoms with Crippen molar-refractivity contribution >= 4 is 29.1 Å².